The lowest BCUT2D eigenvalue weighted by Gasteiger charge is -2.17. The second-order valence-electron chi connectivity index (χ2n) is 2.83. The van der Waals surface area contributed by atoms with Gasteiger partial charge in [0.2, 0.25) is 0 Å². The second-order valence-corrected chi connectivity index (χ2v) is 6.71. The van der Waals surface area contributed by atoms with Crippen LogP contribution in [-0.2, 0) is 9.47 Å². The van der Waals surface area contributed by atoms with Gasteiger partial charge in [0.15, 0.2) is 6.29 Å². The highest BCUT2D eigenvalue weighted by atomic mass is 33.1. The van der Waals surface area contributed by atoms with Crippen molar-refractivity contribution in [2.75, 3.05) is 13.2 Å². The molecular weight excluding hydrogens is 220 g/mol. The fraction of sp³-hybridized carbons (Fsp3) is 1.00. The highest BCUT2D eigenvalue weighted by Crippen LogP contribution is 2.18. The molecule has 0 aromatic carbocycles. The van der Waals surface area contributed by atoms with Crippen molar-refractivity contribution in [3.63, 3.8) is 0 Å². The van der Waals surface area contributed by atoms with E-state index in [2.05, 4.69) is 11.7 Å². The Morgan fingerprint density at radius 3 is 2.15 bits per heavy atom. The quantitative estimate of drug-likeness (QED) is 0.300. The fourth-order valence-electron chi connectivity index (χ4n) is 1.01. The molecular formula is C8H20O2S2Si. The Hall–Kier alpha value is 0.837. The molecule has 0 spiro atoms. The van der Waals surface area contributed by atoms with Crippen LogP contribution in [0.5, 0.6) is 0 Å². The molecule has 0 heterocycles. The van der Waals surface area contributed by atoms with Gasteiger partial charge in [0.1, 0.15) is 0 Å². The minimum atomic E-state index is -0.00747. The van der Waals surface area contributed by atoms with Crippen molar-refractivity contribution in [2.45, 2.75) is 37.9 Å². The van der Waals surface area contributed by atoms with E-state index in [1.54, 1.807) is 10.8 Å². The van der Waals surface area contributed by atoms with Gasteiger partial charge in [-0.2, -0.15) is 0 Å². The molecule has 0 bridgehead atoms. The van der Waals surface area contributed by atoms with Gasteiger partial charge < -0.3 is 9.47 Å². The average Bonchev–Trinajstić information content (AvgIpc) is 2.14. The Bertz CT molecular complexity index is 110. The summed E-state index contributed by atoms with van der Waals surface area (Å²) in [6, 6.07) is 0. The van der Waals surface area contributed by atoms with E-state index in [-0.39, 0.29) is 6.29 Å². The van der Waals surface area contributed by atoms with Crippen molar-refractivity contribution in [3.05, 3.63) is 0 Å². The standard InChI is InChI=1S/C8H20O2S2Si/c1-3-9-7(10-4-2)5-6-8(13)12-11/h7-8,11H,3-6H2,1-2,13H3. The smallest absolute Gasteiger partial charge is 0.157 e. The molecule has 0 aromatic rings. The molecule has 0 amide bonds. The number of rotatable bonds is 8. The van der Waals surface area contributed by atoms with Gasteiger partial charge in [0.25, 0.3) is 0 Å². The molecule has 0 aromatic heterocycles. The van der Waals surface area contributed by atoms with Crippen LogP contribution in [0.1, 0.15) is 26.7 Å². The van der Waals surface area contributed by atoms with Crippen LogP contribution >= 0.6 is 22.5 Å². The summed E-state index contributed by atoms with van der Waals surface area (Å²) in [6.45, 7) is 5.45. The molecule has 13 heavy (non-hydrogen) atoms. The lowest BCUT2D eigenvalue weighted by molar-refractivity contribution is -0.139. The van der Waals surface area contributed by atoms with Crippen LogP contribution in [0.2, 0.25) is 0 Å². The summed E-state index contributed by atoms with van der Waals surface area (Å²) in [5, 5.41) is 0. The van der Waals surface area contributed by atoms with Crippen LogP contribution in [-0.4, -0.2) is 34.6 Å². The van der Waals surface area contributed by atoms with Gasteiger partial charge >= 0.3 is 0 Å². The third-order valence-corrected chi connectivity index (χ3v) is 5.84. The van der Waals surface area contributed by atoms with Gasteiger partial charge in [-0.05, 0) is 31.6 Å². The fourth-order valence-corrected chi connectivity index (χ4v) is 1.90. The first kappa shape index (κ1) is 13.8. The summed E-state index contributed by atoms with van der Waals surface area (Å²) in [5.74, 6) is 0. The summed E-state index contributed by atoms with van der Waals surface area (Å²) >= 11 is 4.19. The second kappa shape index (κ2) is 9.39. The van der Waals surface area contributed by atoms with E-state index in [1.807, 2.05) is 13.8 Å². The van der Waals surface area contributed by atoms with Crippen LogP contribution in [0.3, 0.4) is 0 Å². The van der Waals surface area contributed by atoms with Gasteiger partial charge in [-0.3, -0.25) is 0 Å². The van der Waals surface area contributed by atoms with Crippen molar-refractivity contribution in [1.82, 2.24) is 0 Å². The molecule has 0 saturated carbocycles. The molecule has 0 aliphatic heterocycles. The van der Waals surface area contributed by atoms with Crippen molar-refractivity contribution in [2.24, 2.45) is 0 Å². The van der Waals surface area contributed by atoms with Crippen molar-refractivity contribution in [3.8, 4) is 0 Å². The molecule has 0 fully saturated rings. The van der Waals surface area contributed by atoms with Gasteiger partial charge in [0.05, 0.1) is 0 Å². The SMILES string of the molecule is CCOC(CCC([SiH3])SS)OCC. The highest BCUT2D eigenvalue weighted by Gasteiger charge is 2.09. The van der Waals surface area contributed by atoms with Gasteiger partial charge in [-0.25, -0.2) is 0 Å². The summed E-state index contributed by atoms with van der Waals surface area (Å²) < 4.78 is 10.9. The number of hydrogen-bond acceptors (Lipinski definition) is 4. The predicted octanol–water partition coefficient (Wildman–Crippen LogP) is 1.44. The van der Waals surface area contributed by atoms with Crippen LogP contribution in [0.4, 0.5) is 0 Å². The van der Waals surface area contributed by atoms with Gasteiger partial charge in [-0.1, -0.05) is 10.8 Å². The first-order valence-corrected chi connectivity index (χ1v) is 7.86. The van der Waals surface area contributed by atoms with E-state index in [1.165, 1.54) is 10.2 Å². The highest BCUT2D eigenvalue weighted by molar-refractivity contribution is 8.69. The molecule has 80 valence electrons. The lowest BCUT2D eigenvalue weighted by atomic mass is 10.3. The van der Waals surface area contributed by atoms with E-state index < -0.39 is 0 Å². The number of ether oxygens (including phenoxy) is 2. The number of thiol groups is 1. The maximum Gasteiger partial charge on any atom is 0.157 e. The van der Waals surface area contributed by atoms with Crippen LogP contribution in [0, 0.1) is 0 Å². The van der Waals surface area contributed by atoms with E-state index in [4.69, 9.17) is 9.47 Å². The summed E-state index contributed by atoms with van der Waals surface area (Å²) in [5.41, 5.74) is 0. The Balaban J connectivity index is 3.55. The maximum atomic E-state index is 5.44. The zero-order chi connectivity index (χ0) is 10.1. The first-order chi connectivity index (χ1) is 6.24. The molecule has 0 aliphatic carbocycles. The molecule has 0 saturated heterocycles. The Morgan fingerprint density at radius 1 is 1.23 bits per heavy atom. The van der Waals surface area contributed by atoms with Crippen LogP contribution < -0.4 is 0 Å². The molecule has 5 heteroatoms. The summed E-state index contributed by atoms with van der Waals surface area (Å²) in [6.07, 6.45) is 2.13. The van der Waals surface area contributed by atoms with Crippen LogP contribution in [0.25, 0.3) is 0 Å². The third-order valence-electron chi connectivity index (χ3n) is 1.69. The number of hydrogen-bond donors (Lipinski definition) is 1. The Morgan fingerprint density at radius 2 is 1.77 bits per heavy atom. The monoisotopic (exact) mass is 240 g/mol. The predicted molar refractivity (Wildman–Crippen MR) is 66.6 cm³/mol. The van der Waals surface area contributed by atoms with Crippen LogP contribution in [0.15, 0.2) is 0 Å². The normalized spacial score (nSPS) is 13.8. The molecule has 1 atom stereocenters. The third kappa shape index (κ3) is 7.87. The molecule has 1 unspecified atom stereocenters. The van der Waals surface area contributed by atoms with Crippen molar-refractivity contribution < 1.29 is 9.47 Å². The minimum Gasteiger partial charge on any atom is -0.353 e. The van der Waals surface area contributed by atoms with E-state index in [9.17, 15) is 0 Å². The topological polar surface area (TPSA) is 18.5 Å². The van der Waals surface area contributed by atoms with Crippen molar-refractivity contribution in [1.29, 1.82) is 0 Å². The summed E-state index contributed by atoms with van der Waals surface area (Å²) in [4.78, 5) is 0.701. The molecule has 0 N–H and O–H groups in total. The van der Waals surface area contributed by atoms with E-state index in [0.29, 0.717) is 4.87 Å². The summed E-state index contributed by atoms with van der Waals surface area (Å²) in [7, 11) is 2.83. The van der Waals surface area contributed by atoms with E-state index >= 15 is 0 Å². The minimum absolute atomic E-state index is 0.00747. The van der Waals surface area contributed by atoms with Gasteiger partial charge in [0, 0.05) is 23.5 Å². The first-order valence-electron chi connectivity index (χ1n) is 4.78. The maximum absolute atomic E-state index is 5.44. The molecule has 2 nitrogen and oxygen atoms in total. The zero-order valence-corrected chi connectivity index (χ0v) is 12.4. The molecule has 0 aliphatic rings. The van der Waals surface area contributed by atoms with E-state index in [0.717, 1.165) is 26.1 Å². The average molecular weight is 240 g/mol. The van der Waals surface area contributed by atoms with Gasteiger partial charge in [-0.15, -0.1) is 11.7 Å². The molecule has 0 rings (SSSR count). The molecule has 0 radical (unpaired) electrons. The largest absolute Gasteiger partial charge is 0.353 e. The Labute approximate surface area is 93.4 Å². The zero-order valence-electron chi connectivity index (χ0n) is 8.66. The lowest BCUT2D eigenvalue weighted by Crippen LogP contribution is -2.19. The Kier molecular flexibility index (Phi) is 10.00. The van der Waals surface area contributed by atoms with Crippen molar-refractivity contribution >= 4 is 32.7 Å².